The first-order valence-corrected chi connectivity index (χ1v) is 7.17. The van der Waals surface area contributed by atoms with Crippen molar-refractivity contribution in [2.24, 2.45) is 0 Å². The van der Waals surface area contributed by atoms with Gasteiger partial charge in [0, 0.05) is 11.9 Å². The zero-order valence-electron chi connectivity index (χ0n) is 11.3. The Morgan fingerprint density at radius 2 is 1.90 bits per heavy atom. The molecule has 5 heteroatoms. The molecule has 0 atom stereocenters. The molecule has 108 valence electrons. The van der Waals surface area contributed by atoms with E-state index in [1.807, 2.05) is 6.07 Å². The first-order chi connectivity index (χ1) is 10.1. The number of amides is 1. The molecule has 1 fully saturated rings. The number of hydrogen-bond donors (Lipinski definition) is 1. The van der Waals surface area contributed by atoms with Gasteiger partial charge in [0.05, 0.1) is 5.41 Å². The number of rotatable bonds is 3. The Balaban J connectivity index is 1.83. The average Bonchev–Trinajstić information content (AvgIpc) is 2.42. The minimum Gasteiger partial charge on any atom is -0.325 e. The monoisotopic (exact) mass is 304 g/mol. The third-order valence-electron chi connectivity index (χ3n) is 4.02. The summed E-state index contributed by atoms with van der Waals surface area (Å²) < 4.78 is 12.9. The lowest BCUT2D eigenvalue weighted by atomic mass is 9.64. The van der Waals surface area contributed by atoms with Crippen LogP contribution in [0.25, 0.3) is 0 Å². The number of pyridine rings is 1. The highest BCUT2D eigenvalue weighted by Crippen LogP contribution is 2.44. The fraction of sp³-hybridized carbons (Fsp3) is 0.250. The van der Waals surface area contributed by atoms with Crippen LogP contribution in [0.5, 0.6) is 0 Å². The molecule has 21 heavy (non-hydrogen) atoms. The van der Waals surface area contributed by atoms with Gasteiger partial charge in [-0.25, -0.2) is 9.37 Å². The molecule has 1 aromatic carbocycles. The van der Waals surface area contributed by atoms with Crippen LogP contribution >= 0.6 is 11.6 Å². The second-order valence-electron chi connectivity index (χ2n) is 5.27. The molecular weight excluding hydrogens is 291 g/mol. The maximum Gasteiger partial charge on any atom is 0.235 e. The molecule has 0 bridgehead atoms. The third kappa shape index (κ3) is 2.63. The topological polar surface area (TPSA) is 42.0 Å². The lowest BCUT2D eigenvalue weighted by Gasteiger charge is -2.40. The second-order valence-corrected chi connectivity index (χ2v) is 5.65. The Bertz CT molecular complexity index is 651. The number of benzene rings is 1. The Labute approximate surface area is 127 Å². The molecule has 1 saturated carbocycles. The van der Waals surface area contributed by atoms with Crippen molar-refractivity contribution in [2.45, 2.75) is 24.7 Å². The van der Waals surface area contributed by atoms with Gasteiger partial charge in [0.2, 0.25) is 5.91 Å². The molecule has 1 heterocycles. The summed E-state index contributed by atoms with van der Waals surface area (Å²) in [6.45, 7) is 0. The van der Waals surface area contributed by atoms with Crippen LogP contribution in [0.4, 0.5) is 10.1 Å². The first kappa shape index (κ1) is 14.0. The van der Waals surface area contributed by atoms with Crippen LogP contribution in [0.1, 0.15) is 24.8 Å². The molecule has 1 aromatic heterocycles. The predicted molar refractivity (Wildman–Crippen MR) is 79.8 cm³/mol. The standard InChI is InChI=1S/C16H14ClFN2O/c17-14-7-2-11(10-19-14)16(8-1-9-16)15(21)20-13-5-3-12(18)4-6-13/h2-7,10H,1,8-9H2,(H,20,21). The molecule has 0 spiro atoms. The molecule has 3 rings (SSSR count). The highest BCUT2D eigenvalue weighted by Gasteiger charge is 2.45. The summed E-state index contributed by atoms with van der Waals surface area (Å²) >= 11 is 5.80. The van der Waals surface area contributed by atoms with E-state index < -0.39 is 5.41 Å². The summed E-state index contributed by atoms with van der Waals surface area (Å²) in [6, 6.07) is 9.31. The summed E-state index contributed by atoms with van der Waals surface area (Å²) in [5.74, 6) is -0.405. The number of hydrogen-bond acceptors (Lipinski definition) is 2. The summed E-state index contributed by atoms with van der Waals surface area (Å²) in [4.78, 5) is 16.7. The normalized spacial score (nSPS) is 16.1. The molecule has 0 radical (unpaired) electrons. The molecule has 1 aliphatic rings. The fourth-order valence-electron chi connectivity index (χ4n) is 2.62. The maximum atomic E-state index is 12.9. The number of aromatic nitrogens is 1. The largest absolute Gasteiger partial charge is 0.325 e. The summed E-state index contributed by atoms with van der Waals surface area (Å²) in [5, 5.41) is 3.27. The van der Waals surface area contributed by atoms with Crippen molar-refractivity contribution in [3.05, 3.63) is 59.1 Å². The van der Waals surface area contributed by atoms with Crippen molar-refractivity contribution in [1.82, 2.24) is 4.98 Å². The quantitative estimate of drug-likeness (QED) is 0.873. The molecular formula is C16H14ClFN2O. The van der Waals surface area contributed by atoms with Crippen LogP contribution in [0.2, 0.25) is 5.15 Å². The minimum absolute atomic E-state index is 0.0792. The Kier molecular flexibility index (Phi) is 3.64. The van der Waals surface area contributed by atoms with Crippen LogP contribution in [-0.4, -0.2) is 10.9 Å². The number of carbonyl (C=O) groups excluding carboxylic acids is 1. The van der Waals surface area contributed by atoms with Crippen molar-refractivity contribution < 1.29 is 9.18 Å². The number of nitrogens with zero attached hydrogens (tertiary/aromatic N) is 1. The van der Waals surface area contributed by atoms with Gasteiger partial charge in [-0.05, 0) is 48.7 Å². The number of carbonyl (C=O) groups is 1. The predicted octanol–water partition coefficient (Wildman–Crippen LogP) is 3.93. The van der Waals surface area contributed by atoms with E-state index in [2.05, 4.69) is 10.3 Å². The lowest BCUT2D eigenvalue weighted by molar-refractivity contribution is -0.124. The molecule has 0 unspecified atom stereocenters. The zero-order chi connectivity index (χ0) is 14.9. The van der Waals surface area contributed by atoms with E-state index >= 15 is 0 Å². The lowest BCUT2D eigenvalue weighted by Crippen LogP contribution is -2.46. The highest BCUT2D eigenvalue weighted by atomic mass is 35.5. The zero-order valence-corrected chi connectivity index (χ0v) is 12.0. The maximum absolute atomic E-state index is 12.9. The van der Waals surface area contributed by atoms with Gasteiger partial charge < -0.3 is 5.32 Å². The van der Waals surface area contributed by atoms with Gasteiger partial charge in [-0.2, -0.15) is 0 Å². The third-order valence-corrected chi connectivity index (χ3v) is 4.25. The Morgan fingerprint density at radius 3 is 2.43 bits per heavy atom. The average molecular weight is 305 g/mol. The minimum atomic E-state index is -0.550. The van der Waals surface area contributed by atoms with Crippen molar-refractivity contribution >= 4 is 23.2 Å². The Hall–Kier alpha value is -1.94. The van der Waals surface area contributed by atoms with Crippen LogP contribution in [-0.2, 0) is 10.2 Å². The second kappa shape index (κ2) is 5.45. The molecule has 3 nitrogen and oxygen atoms in total. The van der Waals surface area contributed by atoms with E-state index in [4.69, 9.17) is 11.6 Å². The van der Waals surface area contributed by atoms with Gasteiger partial charge in [0.15, 0.2) is 0 Å². The molecule has 1 aliphatic carbocycles. The van der Waals surface area contributed by atoms with Gasteiger partial charge in [0.25, 0.3) is 0 Å². The van der Waals surface area contributed by atoms with E-state index in [1.165, 1.54) is 12.1 Å². The van der Waals surface area contributed by atoms with E-state index in [0.717, 1.165) is 24.8 Å². The smallest absolute Gasteiger partial charge is 0.235 e. The Morgan fingerprint density at radius 1 is 1.19 bits per heavy atom. The van der Waals surface area contributed by atoms with E-state index in [1.54, 1.807) is 24.4 Å². The van der Waals surface area contributed by atoms with Gasteiger partial charge in [0.1, 0.15) is 11.0 Å². The number of nitrogens with one attached hydrogen (secondary N) is 1. The molecule has 0 saturated heterocycles. The molecule has 0 aliphatic heterocycles. The molecule has 1 N–H and O–H groups in total. The molecule has 1 amide bonds. The van der Waals surface area contributed by atoms with E-state index in [-0.39, 0.29) is 11.7 Å². The summed E-state index contributed by atoms with van der Waals surface area (Å²) in [6.07, 6.45) is 4.22. The van der Waals surface area contributed by atoms with Crippen LogP contribution < -0.4 is 5.32 Å². The summed E-state index contributed by atoms with van der Waals surface area (Å²) in [7, 11) is 0. The van der Waals surface area contributed by atoms with Crippen molar-refractivity contribution in [3.8, 4) is 0 Å². The first-order valence-electron chi connectivity index (χ1n) is 6.79. The van der Waals surface area contributed by atoms with Crippen molar-refractivity contribution in [3.63, 3.8) is 0 Å². The summed E-state index contributed by atoms with van der Waals surface area (Å²) in [5.41, 5.74) is 0.916. The fourth-order valence-corrected chi connectivity index (χ4v) is 2.73. The van der Waals surface area contributed by atoms with Crippen molar-refractivity contribution in [1.29, 1.82) is 0 Å². The van der Waals surface area contributed by atoms with E-state index in [0.29, 0.717) is 10.8 Å². The van der Waals surface area contributed by atoms with Crippen LogP contribution in [0, 0.1) is 5.82 Å². The van der Waals surface area contributed by atoms with E-state index in [9.17, 15) is 9.18 Å². The van der Waals surface area contributed by atoms with Gasteiger partial charge >= 0.3 is 0 Å². The number of anilines is 1. The van der Waals surface area contributed by atoms with Crippen molar-refractivity contribution in [2.75, 3.05) is 5.32 Å². The SMILES string of the molecule is O=C(Nc1ccc(F)cc1)C1(c2ccc(Cl)nc2)CCC1. The van der Waals surface area contributed by atoms with Crippen LogP contribution in [0.15, 0.2) is 42.6 Å². The van der Waals surface area contributed by atoms with Crippen LogP contribution in [0.3, 0.4) is 0 Å². The van der Waals surface area contributed by atoms with Gasteiger partial charge in [-0.15, -0.1) is 0 Å². The molecule has 2 aromatic rings. The number of halogens is 2. The van der Waals surface area contributed by atoms with Gasteiger partial charge in [-0.1, -0.05) is 24.1 Å². The van der Waals surface area contributed by atoms with Gasteiger partial charge in [-0.3, -0.25) is 4.79 Å². The highest BCUT2D eigenvalue weighted by molar-refractivity contribution is 6.29.